The molecule has 172 valence electrons. The van der Waals surface area contributed by atoms with E-state index in [9.17, 15) is 4.39 Å². The highest BCUT2D eigenvalue weighted by molar-refractivity contribution is 5.55. The van der Waals surface area contributed by atoms with Crippen LogP contribution in [-0.2, 0) is 12.0 Å². The lowest BCUT2D eigenvalue weighted by molar-refractivity contribution is 0.0638. The molecule has 1 aromatic carbocycles. The third kappa shape index (κ3) is 3.40. The van der Waals surface area contributed by atoms with Gasteiger partial charge in [0.05, 0.1) is 17.7 Å². The van der Waals surface area contributed by atoms with Crippen LogP contribution in [0.25, 0.3) is 0 Å². The quantitative estimate of drug-likeness (QED) is 0.567. The number of rotatable bonds is 5. The summed E-state index contributed by atoms with van der Waals surface area (Å²) in [5.41, 5.74) is 4.75. The molecule has 3 fully saturated rings. The molecule has 0 radical (unpaired) electrons. The van der Waals surface area contributed by atoms with Crippen LogP contribution in [-0.4, -0.2) is 32.1 Å². The Hall–Kier alpha value is -2.96. The largest absolute Gasteiger partial charge is 0.373 e. The highest BCUT2D eigenvalue weighted by Gasteiger charge is 2.50. The first-order valence-electron chi connectivity index (χ1n) is 12.1. The first-order valence-corrected chi connectivity index (χ1v) is 12.1. The average Bonchev–Trinajstić information content (AvgIpc) is 3.47. The molecule has 4 aliphatic carbocycles. The lowest BCUT2D eigenvalue weighted by atomic mass is 9.61. The van der Waals surface area contributed by atoms with Gasteiger partial charge in [-0.05, 0) is 76.0 Å². The van der Waals surface area contributed by atoms with Gasteiger partial charge in [0.25, 0.3) is 0 Å². The van der Waals surface area contributed by atoms with Crippen molar-refractivity contribution in [2.24, 2.45) is 0 Å². The van der Waals surface area contributed by atoms with Crippen LogP contribution in [0.4, 0.5) is 16.2 Å². The molecule has 4 aliphatic rings. The number of anilines is 2. The lowest BCUT2D eigenvalue weighted by Gasteiger charge is -2.54. The van der Waals surface area contributed by atoms with E-state index in [1.54, 1.807) is 12.1 Å². The summed E-state index contributed by atoms with van der Waals surface area (Å²) in [6.07, 6.45) is 12.9. The fourth-order valence-corrected chi connectivity index (χ4v) is 6.40. The van der Waals surface area contributed by atoms with Gasteiger partial charge in [0.1, 0.15) is 11.6 Å². The van der Waals surface area contributed by atoms with E-state index in [0.29, 0.717) is 0 Å². The summed E-state index contributed by atoms with van der Waals surface area (Å²) in [7, 11) is 1.93. The molecule has 7 rings (SSSR count). The van der Waals surface area contributed by atoms with Crippen molar-refractivity contribution in [3.05, 3.63) is 65.1 Å². The van der Waals surface area contributed by atoms with E-state index in [2.05, 4.69) is 33.3 Å². The van der Waals surface area contributed by atoms with Crippen LogP contribution < -0.4 is 10.6 Å². The molecular formula is C26H31FN6. The molecule has 1 unspecified atom stereocenters. The Morgan fingerprint density at radius 2 is 1.76 bits per heavy atom. The number of halogens is 1. The van der Waals surface area contributed by atoms with Crippen LogP contribution in [0.2, 0.25) is 0 Å². The molecular weight excluding hydrogens is 415 g/mol. The zero-order valence-corrected chi connectivity index (χ0v) is 19.4. The van der Waals surface area contributed by atoms with Gasteiger partial charge in [0.15, 0.2) is 0 Å². The molecule has 3 aromatic rings. The van der Waals surface area contributed by atoms with E-state index < -0.39 is 0 Å². The van der Waals surface area contributed by atoms with Crippen molar-refractivity contribution in [2.45, 2.75) is 75.3 Å². The van der Waals surface area contributed by atoms with E-state index in [1.807, 2.05) is 25.5 Å². The second-order valence-electron chi connectivity index (χ2n) is 10.2. The predicted molar refractivity (Wildman–Crippen MR) is 127 cm³/mol. The van der Waals surface area contributed by atoms with Crippen LogP contribution >= 0.6 is 0 Å². The Kier molecular flexibility index (Phi) is 4.71. The molecule has 1 atom stereocenters. The van der Waals surface area contributed by atoms with E-state index in [0.717, 1.165) is 80.1 Å². The minimum Gasteiger partial charge on any atom is -0.373 e. The number of nitrogens with zero attached hydrogens (tertiary/aromatic N) is 4. The number of benzene rings is 1. The first kappa shape index (κ1) is 20.6. The summed E-state index contributed by atoms with van der Waals surface area (Å²) >= 11 is 0. The predicted octanol–water partition coefficient (Wildman–Crippen LogP) is 5.15. The van der Waals surface area contributed by atoms with Crippen molar-refractivity contribution in [1.29, 1.82) is 0 Å². The number of hydrogen-bond donors (Lipinski definition) is 2. The normalized spacial score (nSPS) is 28.0. The van der Waals surface area contributed by atoms with Gasteiger partial charge in [-0.1, -0.05) is 12.1 Å². The van der Waals surface area contributed by atoms with E-state index >= 15 is 0 Å². The van der Waals surface area contributed by atoms with Crippen molar-refractivity contribution >= 4 is 11.8 Å². The Balaban J connectivity index is 1.27. The van der Waals surface area contributed by atoms with Crippen LogP contribution in [0, 0.1) is 12.7 Å². The van der Waals surface area contributed by atoms with Gasteiger partial charge < -0.3 is 15.2 Å². The first-order chi connectivity index (χ1) is 16.0. The summed E-state index contributed by atoms with van der Waals surface area (Å²) in [6, 6.07) is 6.87. The third-order valence-corrected chi connectivity index (χ3v) is 8.40. The molecule has 0 aliphatic heterocycles. The van der Waals surface area contributed by atoms with Crippen molar-refractivity contribution in [1.82, 2.24) is 19.5 Å². The Bertz CT molecular complexity index is 1160. The molecule has 2 bridgehead atoms. The zero-order chi connectivity index (χ0) is 22.6. The minimum absolute atomic E-state index is 0.0562. The molecule has 0 amide bonds. The maximum atomic E-state index is 13.5. The van der Waals surface area contributed by atoms with Crippen molar-refractivity contribution in [2.75, 3.05) is 17.7 Å². The van der Waals surface area contributed by atoms with Gasteiger partial charge in [-0.15, -0.1) is 0 Å². The summed E-state index contributed by atoms with van der Waals surface area (Å²) in [5.74, 6) is 1.62. The molecule has 6 nitrogen and oxygen atoms in total. The fourth-order valence-electron chi connectivity index (χ4n) is 6.40. The standard InChI is InChI=1S/C26H31FN6/c1-17-15-33(16-29-17)26-12-9-25(10-13-26,11-14-26)32-24-30-22-20(18-3-5-19(27)6-4-18)7-8-21(22)23(28-2)31-24/h3-6,15-16,20H,7-14H2,1-2H3,(H2,28,30,31,32). The van der Waals surface area contributed by atoms with E-state index in [1.165, 1.54) is 5.56 Å². The number of fused-ring (bicyclic) bond motifs is 4. The summed E-state index contributed by atoms with van der Waals surface area (Å²) in [6.45, 7) is 2.06. The highest BCUT2D eigenvalue weighted by atomic mass is 19.1. The summed E-state index contributed by atoms with van der Waals surface area (Å²) in [5, 5.41) is 7.09. The summed E-state index contributed by atoms with van der Waals surface area (Å²) in [4.78, 5) is 14.4. The summed E-state index contributed by atoms with van der Waals surface area (Å²) < 4.78 is 15.8. The smallest absolute Gasteiger partial charge is 0.225 e. The Morgan fingerprint density at radius 3 is 2.39 bits per heavy atom. The SMILES string of the molecule is CNc1nc(NC23CCC(n4cnc(C)c4)(CC2)CC3)nc2c1CCC2c1ccc(F)cc1. The molecule has 0 saturated heterocycles. The number of hydrogen-bond acceptors (Lipinski definition) is 5. The number of aromatic nitrogens is 4. The van der Waals surface area contributed by atoms with Crippen molar-refractivity contribution < 1.29 is 4.39 Å². The van der Waals surface area contributed by atoms with Gasteiger partial charge in [-0.2, -0.15) is 4.98 Å². The molecule has 33 heavy (non-hydrogen) atoms. The van der Waals surface area contributed by atoms with Crippen LogP contribution in [0.5, 0.6) is 0 Å². The van der Waals surface area contributed by atoms with E-state index in [4.69, 9.17) is 9.97 Å². The van der Waals surface area contributed by atoms with Gasteiger partial charge in [-0.3, -0.25) is 0 Å². The second-order valence-corrected chi connectivity index (χ2v) is 10.2. The zero-order valence-electron chi connectivity index (χ0n) is 19.4. The highest BCUT2D eigenvalue weighted by Crippen LogP contribution is 2.52. The van der Waals surface area contributed by atoms with Gasteiger partial charge >= 0.3 is 0 Å². The average molecular weight is 447 g/mol. The number of imidazole rings is 1. The maximum Gasteiger partial charge on any atom is 0.225 e. The van der Waals surface area contributed by atoms with Gasteiger partial charge in [-0.25, -0.2) is 14.4 Å². The maximum absolute atomic E-state index is 13.5. The Labute approximate surface area is 194 Å². The fraction of sp³-hybridized carbons (Fsp3) is 0.500. The van der Waals surface area contributed by atoms with Gasteiger partial charge in [0.2, 0.25) is 5.95 Å². The molecule has 2 N–H and O–H groups in total. The number of nitrogens with one attached hydrogen (secondary N) is 2. The molecule has 7 heteroatoms. The molecule has 0 spiro atoms. The van der Waals surface area contributed by atoms with Crippen LogP contribution in [0.3, 0.4) is 0 Å². The van der Waals surface area contributed by atoms with Crippen LogP contribution in [0.15, 0.2) is 36.8 Å². The monoisotopic (exact) mass is 446 g/mol. The van der Waals surface area contributed by atoms with Crippen molar-refractivity contribution in [3.8, 4) is 0 Å². The van der Waals surface area contributed by atoms with Gasteiger partial charge in [0, 0.05) is 35.8 Å². The lowest BCUT2D eigenvalue weighted by Crippen LogP contribution is -2.54. The van der Waals surface area contributed by atoms with Crippen LogP contribution in [0.1, 0.15) is 73.4 Å². The van der Waals surface area contributed by atoms with E-state index in [-0.39, 0.29) is 22.8 Å². The van der Waals surface area contributed by atoms with Crippen molar-refractivity contribution in [3.63, 3.8) is 0 Å². The number of aryl methyl sites for hydroxylation is 1. The third-order valence-electron chi connectivity index (χ3n) is 8.40. The molecule has 3 saturated carbocycles. The molecule has 2 heterocycles. The Morgan fingerprint density at radius 1 is 1.03 bits per heavy atom. The minimum atomic E-state index is -0.200. The molecule has 2 aromatic heterocycles. The second kappa shape index (κ2) is 7.54. The topological polar surface area (TPSA) is 67.7 Å².